The second-order valence-electron chi connectivity index (χ2n) is 5.53. The molecule has 8 heteroatoms. The summed E-state index contributed by atoms with van der Waals surface area (Å²) in [7, 11) is 3.62. The van der Waals surface area contributed by atoms with Crippen LogP contribution in [0.5, 0.6) is 5.75 Å². The van der Waals surface area contributed by atoms with Gasteiger partial charge in [0.15, 0.2) is 0 Å². The fraction of sp³-hybridized carbons (Fsp3) is 0.235. The molecule has 0 saturated heterocycles. The van der Waals surface area contributed by atoms with Gasteiger partial charge in [0.25, 0.3) is 5.91 Å². The Hall–Kier alpha value is -3.13. The summed E-state index contributed by atoms with van der Waals surface area (Å²) < 4.78 is 9.13. The standard InChI is InChI=1S/C17H20N6O2/c1-22-11-19-10-15(22)17(24)21-12-3-4-16(25-8-6-18)13(9-12)14-5-7-20-23(14)2/h3-5,7,9-11H,6,8,18H2,1-2H3,(H,21,24). The number of aryl methyl sites for hydroxylation is 2. The Morgan fingerprint density at radius 2 is 2.16 bits per heavy atom. The first-order valence-electron chi connectivity index (χ1n) is 7.83. The number of aromatic nitrogens is 4. The summed E-state index contributed by atoms with van der Waals surface area (Å²) >= 11 is 0. The number of nitrogens with one attached hydrogen (secondary N) is 1. The van der Waals surface area contributed by atoms with Crippen LogP contribution in [0, 0.1) is 0 Å². The van der Waals surface area contributed by atoms with E-state index < -0.39 is 0 Å². The van der Waals surface area contributed by atoms with Gasteiger partial charge in [0.1, 0.15) is 18.1 Å². The number of nitrogens with zero attached hydrogens (tertiary/aromatic N) is 4. The molecule has 0 spiro atoms. The third-order valence-electron chi connectivity index (χ3n) is 3.76. The molecule has 0 saturated carbocycles. The van der Waals surface area contributed by atoms with Gasteiger partial charge in [-0.3, -0.25) is 9.48 Å². The maximum absolute atomic E-state index is 12.4. The first-order chi connectivity index (χ1) is 12.1. The summed E-state index contributed by atoms with van der Waals surface area (Å²) in [5, 5.41) is 7.08. The van der Waals surface area contributed by atoms with Crippen molar-refractivity contribution in [3.05, 3.63) is 48.7 Å². The fourth-order valence-electron chi connectivity index (χ4n) is 2.51. The van der Waals surface area contributed by atoms with Crippen molar-refractivity contribution < 1.29 is 9.53 Å². The van der Waals surface area contributed by atoms with Crippen molar-refractivity contribution in [3.63, 3.8) is 0 Å². The molecular formula is C17H20N6O2. The number of carbonyl (C=O) groups excluding carboxylic acids is 1. The maximum Gasteiger partial charge on any atom is 0.273 e. The van der Waals surface area contributed by atoms with E-state index in [0.29, 0.717) is 30.3 Å². The highest BCUT2D eigenvalue weighted by molar-refractivity contribution is 6.03. The van der Waals surface area contributed by atoms with Crippen molar-refractivity contribution in [2.75, 3.05) is 18.5 Å². The topological polar surface area (TPSA) is 100.0 Å². The van der Waals surface area contributed by atoms with E-state index in [1.165, 1.54) is 6.20 Å². The molecule has 0 unspecified atom stereocenters. The van der Waals surface area contributed by atoms with Crippen LogP contribution in [0.3, 0.4) is 0 Å². The molecule has 2 aromatic heterocycles. The zero-order chi connectivity index (χ0) is 17.8. The zero-order valence-electron chi connectivity index (χ0n) is 14.1. The summed E-state index contributed by atoms with van der Waals surface area (Å²) in [5.41, 5.74) is 8.37. The molecule has 1 aromatic carbocycles. The molecule has 0 radical (unpaired) electrons. The predicted molar refractivity (Wildman–Crippen MR) is 94.4 cm³/mol. The number of nitrogens with two attached hydrogens (primary N) is 1. The molecule has 0 atom stereocenters. The first kappa shape index (κ1) is 16.7. The Bertz CT molecular complexity index is 883. The second-order valence-corrected chi connectivity index (χ2v) is 5.53. The average Bonchev–Trinajstić information content (AvgIpc) is 3.21. The monoisotopic (exact) mass is 340 g/mol. The molecule has 0 aliphatic rings. The number of benzene rings is 1. The largest absolute Gasteiger partial charge is 0.492 e. The zero-order valence-corrected chi connectivity index (χ0v) is 14.1. The van der Waals surface area contributed by atoms with Crippen LogP contribution in [0.1, 0.15) is 10.5 Å². The summed E-state index contributed by atoms with van der Waals surface area (Å²) in [6.45, 7) is 0.829. The molecular weight excluding hydrogens is 320 g/mol. The van der Waals surface area contributed by atoms with Gasteiger partial charge in [0.05, 0.1) is 18.2 Å². The molecule has 3 rings (SSSR count). The van der Waals surface area contributed by atoms with Gasteiger partial charge >= 0.3 is 0 Å². The molecule has 0 bridgehead atoms. The SMILES string of the molecule is Cn1cncc1C(=O)Nc1ccc(OCCN)c(-c2ccnn2C)c1. The van der Waals surface area contributed by atoms with Gasteiger partial charge < -0.3 is 20.4 Å². The van der Waals surface area contributed by atoms with E-state index in [4.69, 9.17) is 10.5 Å². The van der Waals surface area contributed by atoms with Crippen LogP contribution in [0.25, 0.3) is 11.3 Å². The fourth-order valence-corrected chi connectivity index (χ4v) is 2.51. The second kappa shape index (κ2) is 7.18. The van der Waals surface area contributed by atoms with Crippen LogP contribution < -0.4 is 15.8 Å². The van der Waals surface area contributed by atoms with Gasteiger partial charge in [-0.15, -0.1) is 0 Å². The van der Waals surface area contributed by atoms with Gasteiger partial charge in [-0.25, -0.2) is 4.98 Å². The highest BCUT2D eigenvalue weighted by Crippen LogP contribution is 2.32. The van der Waals surface area contributed by atoms with Crippen molar-refractivity contribution in [3.8, 4) is 17.0 Å². The van der Waals surface area contributed by atoms with E-state index in [0.717, 1.165) is 11.3 Å². The first-order valence-corrected chi connectivity index (χ1v) is 7.83. The third-order valence-corrected chi connectivity index (χ3v) is 3.76. The van der Waals surface area contributed by atoms with E-state index in [-0.39, 0.29) is 5.91 Å². The highest BCUT2D eigenvalue weighted by atomic mass is 16.5. The molecule has 130 valence electrons. The minimum absolute atomic E-state index is 0.230. The lowest BCUT2D eigenvalue weighted by atomic mass is 10.1. The molecule has 25 heavy (non-hydrogen) atoms. The van der Waals surface area contributed by atoms with E-state index in [2.05, 4.69) is 15.4 Å². The minimum atomic E-state index is -0.230. The number of hydrogen-bond acceptors (Lipinski definition) is 5. The molecule has 0 fully saturated rings. The van der Waals surface area contributed by atoms with Gasteiger partial charge in [0, 0.05) is 38.1 Å². The Balaban J connectivity index is 1.92. The van der Waals surface area contributed by atoms with Crippen LogP contribution in [0.4, 0.5) is 5.69 Å². The number of amides is 1. The van der Waals surface area contributed by atoms with Crippen LogP contribution in [0.15, 0.2) is 43.0 Å². The lowest BCUT2D eigenvalue weighted by Crippen LogP contribution is -2.15. The lowest BCUT2D eigenvalue weighted by molar-refractivity contribution is 0.101. The highest BCUT2D eigenvalue weighted by Gasteiger charge is 2.14. The van der Waals surface area contributed by atoms with Crippen molar-refractivity contribution in [1.29, 1.82) is 0 Å². The van der Waals surface area contributed by atoms with Crippen LogP contribution >= 0.6 is 0 Å². The number of ether oxygens (including phenoxy) is 1. The predicted octanol–water partition coefficient (Wildman–Crippen LogP) is 1.41. The Morgan fingerprint density at radius 3 is 2.80 bits per heavy atom. The van der Waals surface area contributed by atoms with Crippen LogP contribution in [-0.4, -0.2) is 38.4 Å². The van der Waals surface area contributed by atoms with Crippen molar-refractivity contribution in [2.45, 2.75) is 0 Å². The summed E-state index contributed by atoms with van der Waals surface area (Å²) in [6, 6.07) is 7.35. The van der Waals surface area contributed by atoms with E-state index in [1.807, 2.05) is 25.2 Å². The molecule has 3 N–H and O–H groups in total. The molecule has 0 aliphatic heterocycles. The average molecular weight is 340 g/mol. The summed E-state index contributed by atoms with van der Waals surface area (Å²) in [5.74, 6) is 0.458. The van der Waals surface area contributed by atoms with Crippen LogP contribution in [-0.2, 0) is 14.1 Å². The number of carbonyl (C=O) groups is 1. The quantitative estimate of drug-likeness (QED) is 0.707. The summed E-state index contributed by atoms with van der Waals surface area (Å²) in [6.07, 6.45) is 4.82. The molecule has 0 aliphatic carbocycles. The van der Waals surface area contributed by atoms with Gasteiger partial charge in [-0.05, 0) is 24.3 Å². The van der Waals surface area contributed by atoms with Crippen LogP contribution in [0.2, 0.25) is 0 Å². The Morgan fingerprint density at radius 1 is 1.32 bits per heavy atom. The molecule has 8 nitrogen and oxygen atoms in total. The normalized spacial score (nSPS) is 10.7. The van der Waals surface area contributed by atoms with Gasteiger partial charge in [-0.2, -0.15) is 5.10 Å². The van der Waals surface area contributed by atoms with Gasteiger partial charge in [-0.1, -0.05) is 0 Å². The Labute approximate surface area is 145 Å². The summed E-state index contributed by atoms with van der Waals surface area (Å²) in [4.78, 5) is 16.3. The van der Waals surface area contributed by atoms with Crippen molar-refractivity contribution in [1.82, 2.24) is 19.3 Å². The van der Waals surface area contributed by atoms with E-state index in [9.17, 15) is 4.79 Å². The smallest absolute Gasteiger partial charge is 0.273 e. The van der Waals surface area contributed by atoms with Crippen molar-refractivity contribution >= 4 is 11.6 Å². The third kappa shape index (κ3) is 3.53. The number of hydrogen-bond donors (Lipinski definition) is 2. The van der Waals surface area contributed by atoms with E-state index in [1.54, 1.807) is 34.9 Å². The molecule has 1 amide bonds. The molecule has 3 aromatic rings. The maximum atomic E-state index is 12.4. The van der Waals surface area contributed by atoms with Gasteiger partial charge in [0.2, 0.25) is 0 Å². The molecule has 2 heterocycles. The minimum Gasteiger partial charge on any atom is -0.492 e. The van der Waals surface area contributed by atoms with Crippen molar-refractivity contribution in [2.24, 2.45) is 19.8 Å². The number of imidazole rings is 1. The number of anilines is 1. The Kier molecular flexibility index (Phi) is 4.80. The lowest BCUT2D eigenvalue weighted by Gasteiger charge is -2.14. The number of rotatable bonds is 6. The van der Waals surface area contributed by atoms with E-state index >= 15 is 0 Å².